The molecule has 3 rings (SSSR count). The molecule has 0 spiro atoms. The highest BCUT2D eigenvalue weighted by atomic mass is 16.6. The molecule has 2 aromatic rings. The monoisotopic (exact) mass is 389 g/mol. The fourth-order valence-corrected chi connectivity index (χ4v) is 3.76. The Hall–Kier alpha value is -2.28. The van der Waals surface area contributed by atoms with Crippen molar-refractivity contribution in [1.29, 1.82) is 0 Å². The van der Waals surface area contributed by atoms with E-state index in [1.165, 1.54) is 6.42 Å². The molecule has 2 heterocycles. The van der Waals surface area contributed by atoms with Crippen LogP contribution in [0.25, 0.3) is 11.1 Å². The highest BCUT2D eigenvalue weighted by molar-refractivity contribution is 5.72. The Kier molecular flexibility index (Phi) is 6.44. The molecule has 1 N–H and O–H groups in total. The van der Waals surface area contributed by atoms with Gasteiger partial charge in [0.2, 0.25) is 0 Å². The molecule has 0 radical (unpaired) electrons. The van der Waals surface area contributed by atoms with Gasteiger partial charge in [0.05, 0.1) is 5.52 Å². The van der Waals surface area contributed by atoms with Crippen molar-refractivity contribution in [3.05, 3.63) is 34.8 Å². The predicted molar refractivity (Wildman–Crippen MR) is 109 cm³/mol. The normalized spacial score (nSPS) is 18.3. The summed E-state index contributed by atoms with van der Waals surface area (Å²) in [4.78, 5) is 26.4. The van der Waals surface area contributed by atoms with E-state index in [9.17, 15) is 9.59 Å². The predicted octanol–water partition coefficient (Wildman–Crippen LogP) is 3.36. The molecular weight excluding hydrogens is 358 g/mol. The van der Waals surface area contributed by atoms with Crippen molar-refractivity contribution in [3.63, 3.8) is 0 Å². The van der Waals surface area contributed by atoms with Gasteiger partial charge in [-0.1, -0.05) is 18.6 Å². The second-order valence-corrected chi connectivity index (χ2v) is 8.41. The van der Waals surface area contributed by atoms with Crippen LogP contribution in [0, 0.1) is 0 Å². The molecule has 1 saturated heterocycles. The number of piperidine rings is 1. The van der Waals surface area contributed by atoms with Crippen molar-refractivity contribution in [2.75, 3.05) is 19.6 Å². The zero-order chi connectivity index (χ0) is 20.1. The molecule has 1 amide bonds. The summed E-state index contributed by atoms with van der Waals surface area (Å²) in [6.07, 6.45) is 3.88. The molecule has 1 aromatic heterocycles. The van der Waals surface area contributed by atoms with E-state index in [1.807, 2.05) is 45.0 Å². The maximum atomic E-state index is 12.1. The molecule has 0 bridgehead atoms. The van der Waals surface area contributed by atoms with Crippen LogP contribution in [-0.2, 0) is 11.3 Å². The van der Waals surface area contributed by atoms with Gasteiger partial charge in [0.25, 0.3) is 0 Å². The number of hydrogen-bond acceptors (Lipinski definition) is 5. The van der Waals surface area contributed by atoms with Crippen LogP contribution >= 0.6 is 0 Å². The van der Waals surface area contributed by atoms with Crippen molar-refractivity contribution < 1.29 is 13.9 Å². The number of ether oxygens (including phenoxy) is 1. The average Bonchev–Trinajstić information content (AvgIpc) is 2.95. The third-order valence-electron chi connectivity index (χ3n) is 5.03. The average molecular weight is 389 g/mol. The number of likely N-dealkylation sites (tertiary alicyclic amines) is 1. The summed E-state index contributed by atoms with van der Waals surface area (Å²) in [5.41, 5.74) is 0.982. The number of hydrogen-bond donors (Lipinski definition) is 1. The quantitative estimate of drug-likeness (QED) is 0.820. The van der Waals surface area contributed by atoms with Gasteiger partial charge in [0, 0.05) is 25.7 Å². The lowest BCUT2D eigenvalue weighted by molar-refractivity contribution is 0.0494. The van der Waals surface area contributed by atoms with E-state index in [2.05, 4.69) is 10.2 Å². The fraction of sp³-hybridized carbons (Fsp3) is 0.619. The van der Waals surface area contributed by atoms with Crippen LogP contribution in [0.15, 0.2) is 33.5 Å². The molecule has 1 fully saturated rings. The maximum Gasteiger partial charge on any atom is 0.419 e. The number of aromatic nitrogens is 1. The van der Waals surface area contributed by atoms with E-state index < -0.39 is 5.60 Å². The highest BCUT2D eigenvalue weighted by Crippen LogP contribution is 2.18. The molecule has 1 aromatic carbocycles. The number of nitrogens with zero attached hydrogens (tertiary/aromatic N) is 2. The topological polar surface area (TPSA) is 76.7 Å². The summed E-state index contributed by atoms with van der Waals surface area (Å²) in [5.74, 6) is -0.303. The molecule has 7 nitrogen and oxygen atoms in total. The van der Waals surface area contributed by atoms with E-state index in [0.717, 1.165) is 37.9 Å². The minimum absolute atomic E-state index is 0.303. The third-order valence-corrected chi connectivity index (χ3v) is 5.03. The lowest BCUT2D eigenvalue weighted by Gasteiger charge is -2.36. The zero-order valence-corrected chi connectivity index (χ0v) is 17.1. The number of alkyl carbamates (subject to hydrolysis) is 1. The lowest BCUT2D eigenvalue weighted by atomic mass is 10.0. The Labute approximate surface area is 165 Å². The summed E-state index contributed by atoms with van der Waals surface area (Å²) in [5, 5.41) is 2.90. The lowest BCUT2D eigenvalue weighted by Crippen LogP contribution is -2.47. The van der Waals surface area contributed by atoms with Crippen molar-refractivity contribution >= 4 is 17.2 Å². The standard InChI is InChI=1S/C21H31N3O4/c1-21(2,3)28-19(25)22-15-16-9-6-7-12-23(16)13-8-14-24-17-10-4-5-11-18(17)27-20(24)26/h4-5,10-11,16H,6-9,12-15H2,1-3H3,(H,22,25). The number of carbonyl (C=O) groups excluding carboxylic acids is 1. The van der Waals surface area contributed by atoms with Gasteiger partial charge in [-0.05, 0) is 58.7 Å². The molecule has 1 aliphatic rings. The zero-order valence-electron chi connectivity index (χ0n) is 17.1. The van der Waals surface area contributed by atoms with Crippen LogP contribution in [0.1, 0.15) is 46.5 Å². The maximum absolute atomic E-state index is 12.1. The summed E-state index contributed by atoms with van der Waals surface area (Å²) in [7, 11) is 0. The first-order valence-electron chi connectivity index (χ1n) is 10.1. The Bertz CT molecular complexity index is 849. The Morgan fingerprint density at radius 1 is 1.25 bits per heavy atom. The first-order chi connectivity index (χ1) is 13.3. The number of benzene rings is 1. The number of carbonyl (C=O) groups is 1. The first-order valence-corrected chi connectivity index (χ1v) is 10.1. The van der Waals surface area contributed by atoms with Crippen LogP contribution in [0.3, 0.4) is 0 Å². The molecule has 1 unspecified atom stereocenters. The van der Waals surface area contributed by atoms with E-state index >= 15 is 0 Å². The van der Waals surface area contributed by atoms with Crippen LogP contribution in [0.2, 0.25) is 0 Å². The van der Waals surface area contributed by atoms with Gasteiger partial charge < -0.3 is 14.5 Å². The number of amides is 1. The van der Waals surface area contributed by atoms with E-state index in [1.54, 1.807) is 4.57 Å². The van der Waals surface area contributed by atoms with E-state index in [0.29, 0.717) is 24.7 Å². The summed E-state index contributed by atoms with van der Waals surface area (Å²) in [6.45, 7) is 8.69. The molecule has 1 aliphatic heterocycles. The van der Waals surface area contributed by atoms with Crippen LogP contribution in [0.4, 0.5) is 4.79 Å². The van der Waals surface area contributed by atoms with Gasteiger partial charge in [-0.25, -0.2) is 9.59 Å². The van der Waals surface area contributed by atoms with Gasteiger partial charge in [0.15, 0.2) is 5.58 Å². The summed E-state index contributed by atoms with van der Waals surface area (Å²) >= 11 is 0. The first kappa shape index (κ1) is 20.5. The Morgan fingerprint density at radius 2 is 2.04 bits per heavy atom. The van der Waals surface area contributed by atoms with Gasteiger partial charge in [-0.2, -0.15) is 0 Å². The highest BCUT2D eigenvalue weighted by Gasteiger charge is 2.24. The van der Waals surface area contributed by atoms with Crippen LogP contribution < -0.4 is 11.1 Å². The van der Waals surface area contributed by atoms with Gasteiger partial charge in [0.1, 0.15) is 5.60 Å². The van der Waals surface area contributed by atoms with E-state index in [4.69, 9.17) is 9.15 Å². The molecular formula is C21H31N3O4. The molecule has 28 heavy (non-hydrogen) atoms. The second-order valence-electron chi connectivity index (χ2n) is 8.41. The number of nitrogens with one attached hydrogen (secondary N) is 1. The van der Waals surface area contributed by atoms with Gasteiger partial charge in [-0.15, -0.1) is 0 Å². The smallest absolute Gasteiger partial charge is 0.419 e. The molecule has 154 valence electrons. The van der Waals surface area contributed by atoms with Crippen LogP contribution in [-0.4, -0.2) is 46.8 Å². The summed E-state index contributed by atoms with van der Waals surface area (Å²) in [6, 6.07) is 7.81. The number of para-hydroxylation sites is 2. The van der Waals surface area contributed by atoms with Crippen molar-refractivity contribution in [3.8, 4) is 0 Å². The number of fused-ring (bicyclic) bond motifs is 1. The largest absolute Gasteiger partial charge is 0.444 e. The Balaban J connectivity index is 1.52. The second kappa shape index (κ2) is 8.82. The summed E-state index contributed by atoms with van der Waals surface area (Å²) < 4.78 is 12.3. The van der Waals surface area contributed by atoms with E-state index in [-0.39, 0.29) is 11.8 Å². The minimum atomic E-state index is -0.489. The number of aryl methyl sites for hydroxylation is 1. The molecule has 0 saturated carbocycles. The molecule has 1 atom stereocenters. The fourth-order valence-electron chi connectivity index (χ4n) is 3.76. The minimum Gasteiger partial charge on any atom is -0.444 e. The van der Waals surface area contributed by atoms with Gasteiger partial charge in [-0.3, -0.25) is 9.47 Å². The third kappa shape index (κ3) is 5.38. The van der Waals surface area contributed by atoms with Crippen molar-refractivity contribution in [2.45, 2.75) is 64.6 Å². The van der Waals surface area contributed by atoms with Crippen molar-refractivity contribution in [2.24, 2.45) is 0 Å². The Morgan fingerprint density at radius 3 is 2.82 bits per heavy atom. The van der Waals surface area contributed by atoms with Crippen LogP contribution in [0.5, 0.6) is 0 Å². The molecule has 0 aliphatic carbocycles. The number of oxazole rings is 1. The van der Waals surface area contributed by atoms with Gasteiger partial charge >= 0.3 is 11.8 Å². The number of rotatable bonds is 6. The van der Waals surface area contributed by atoms with Crippen molar-refractivity contribution in [1.82, 2.24) is 14.8 Å². The SMILES string of the molecule is CC(C)(C)OC(=O)NCC1CCCCN1CCCn1c(=O)oc2ccccc21. The molecule has 7 heteroatoms.